The number of carbonyl (C=O) groups is 2. The number of nitrogens with one attached hydrogen (secondary N) is 3. The molecule has 0 saturated heterocycles. The second-order valence-electron chi connectivity index (χ2n) is 8.05. The predicted octanol–water partition coefficient (Wildman–Crippen LogP) is 4.92. The zero-order chi connectivity index (χ0) is 24.0. The van der Waals surface area contributed by atoms with Crippen LogP contribution in [0, 0.1) is 5.92 Å². The highest BCUT2D eigenvalue weighted by Gasteiger charge is 2.25. The number of nitrogens with zero attached hydrogens (tertiary/aromatic N) is 1. The Morgan fingerprint density at radius 3 is 2.61 bits per heavy atom. The molecule has 33 heavy (non-hydrogen) atoms. The van der Waals surface area contributed by atoms with Crippen LogP contribution in [0.25, 0.3) is 10.9 Å². The standard InChI is InChI=1S/C24H26Cl2N4O3/c1-14(2)10-21(29-23(31)15(3)33-22-9-8-17(25)11-19(22)26)24(32)30-28-13-16-12-27-20-7-5-4-6-18(16)20/h4-9,11-15,21,27H,10H2,1-3H3,(H,29,31)(H,30,32)/b28-13-/t15-,21+/m0/s1. The van der Waals surface area contributed by atoms with Crippen LogP contribution >= 0.6 is 23.2 Å². The minimum absolute atomic E-state index is 0.167. The van der Waals surface area contributed by atoms with Gasteiger partial charge in [-0.25, -0.2) is 5.43 Å². The Labute approximate surface area is 202 Å². The lowest BCUT2D eigenvalue weighted by Gasteiger charge is -2.22. The van der Waals surface area contributed by atoms with Crippen LogP contribution < -0.4 is 15.5 Å². The highest BCUT2D eigenvalue weighted by Crippen LogP contribution is 2.28. The normalized spacial score (nSPS) is 13.3. The number of amides is 2. The van der Waals surface area contributed by atoms with Crippen molar-refractivity contribution in [3.8, 4) is 5.75 Å². The van der Waals surface area contributed by atoms with Crippen molar-refractivity contribution in [1.82, 2.24) is 15.7 Å². The summed E-state index contributed by atoms with van der Waals surface area (Å²) in [7, 11) is 0. The van der Waals surface area contributed by atoms with Gasteiger partial charge in [-0.2, -0.15) is 5.10 Å². The van der Waals surface area contributed by atoms with Gasteiger partial charge in [-0.3, -0.25) is 9.59 Å². The molecule has 9 heteroatoms. The van der Waals surface area contributed by atoms with E-state index in [0.29, 0.717) is 22.2 Å². The molecular weight excluding hydrogens is 463 g/mol. The van der Waals surface area contributed by atoms with Crippen molar-refractivity contribution < 1.29 is 14.3 Å². The molecule has 1 aromatic heterocycles. The largest absolute Gasteiger partial charge is 0.479 e. The summed E-state index contributed by atoms with van der Waals surface area (Å²) < 4.78 is 5.65. The van der Waals surface area contributed by atoms with E-state index in [9.17, 15) is 9.59 Å². The third-order valence-electron chi connectivity index (χ3n) is 4.91. The van der Waals surface area contributed by atoms with E-state index in [0.717, 1.165) is 16.5 Å². The number of aromatic amines is 1. The molecule has 0 aliphatic rings. The molecule has 2 aromatic carbocycles. The van der Waals surface area contributed by atoms with E-state index in [1.807, 2.05) is 44.3 Å². The van der Waals surface area contributed by atoms with Crippen molar-refractivity contribution >= 4 is 52.1 Å². The molecule has 0 aliphatic carbocycles. The molecule has 0 unspecified atom stereocenters. The van der Waals surface area contributed by atoms with Crippen LogP contribution in [0.2, 0.25) is 10.0 Å². The minimum Gasteiger partial charge on any atom is -0.479 e. The summed E-state index contributed by atoms with van der Waals surface area (Å²) in [4.78, 5) is 28.6. The van der Waals surface area contributed by atoms with Crippen LogP contribution in [0.3, 0.4) is 0 Å². The molecule has 3 N–H and O–H groups in total. The fourth-order valence-electron chi connectivity index (χ4n) is 3.25. The third kappa shape index (κ3) is 6.73. The van der Waals surface area contributed by atoms with Crippen LogP contribution in [0.1, 0.15) is 32.8 Å². The molecule has 7 nitrogen and oxygen atoms in total. The lowest BCUT2D eigenvalue weighted by Crippen LogP contribution is -2.49. The van der Waals surface area contributed by atoms with Gasteiger partial charge in [-0.1, -0.05) is 55.2 Å². The minimum atomic E-state index is -0.874. The SMILES string of the molecule is CC(C)C[C@@H](NC(=O)[C@H](C)Oc1ccc(Cl)cc1Cl)C(=O)N/N=C\c1c[nH]c2ccccc12. The van der Waals surface area contributed by atoms with Crippen molar-refractivity contribution in [3.05, 3.63) is 64.3 Å². The Balaban J connectivity index is 1.62. The van der Waals surface area contributed by atoms with Gasteiger partial charge in [-0.05, 0) is 43.5 Å². The molecule has 0 aliphatic heterocycles. The quantitative estimate of drug-likeness (QED) is 0.294. The van der Waals surface area contributed by atoms with Crippen molar-refractivity contribution in [1.29, 1.82) is 0 Å². The van der Waals surface area contributed by atoms with E-state index in [1.54, 1.807) is 25.3 Å². The molecule has 0 saturated carbocycles. The van der Waals surface area contributed by atoms with E-state index in [-0.39, 0.29) is 5.92 Å². The first-order valence-corrected chi connectivity index (χ1v) is 11.3. The van der Waals surface area contributed by atoms with Crippen LogP contribution in [0.4, 0.5) is 0 Å². The summed E-state index contributed by atoms with van der Waals surface area (Å²) in [5, 5.41) is 8.58. The molecular formula is C24H26Cl2N4O3. The monoisotopic (exact) mass is 488 g/mol. The maximum absolute atomic E-state index is 12.8. The highest BCUT2D eigenvalue weighted by molar-refractivity contribution is 6.35. The van der Waals surface area contributed by atoms with E-state index in [1.165, 1.54) is 6.07 Å². The number of hydrazone groups is 1. The second-order valence-corrected chi connectivity index (χ2v) is 8.89. The summed E-state index contributed by atoms with van der Waals surface area (Å²) in [5.74, 6) is -0.357. The maximum atomic E-state index is 12.8. The number of aromatic nitrogens is 1. The molecule has 0 spiro atoms. The van der Waals surface area contributed by atoms with E-state index in [4.69, 9.17) is 27.9 Å². The molecule has 0 fully saturated rings. The van der Waals surface area contributed by atoms with Gasteiger partial charge in [-0.15, -0.1) is 0 Å². The number of benzene rings is 2. The zero-order valence-electron chi connectivity index (χ0n) is 18.6. The first-order chi connectivity index (χ1) is 15.7. The van der Waals surface area contributed by atoms with Gasteiger partial charge in [0.1, 0.15) is 11.8 Å². The Bertz CT molecular complexity index is 1160. The summed E-state index contributed by atoms with van der Waals surface area (Å²) in [6.07, 6.45) is 2.95. The van der Waals surface area contributed by atoms with Gasteiger partial charge in [0, 0.05) is 27.7 Å². The van der Waals surface area contributed by atoms with Crippen molar-refractivity contribution in [3.63, 3.8) is 0 Å². The second kappa shape index (κ2) is 11.2. The zero-order valence-corrected chi connectivity index (χ0v) is 20.1. The maximum Gasteiger partial charge on any atom is 0.262 e. The molecule has 2 atom stereocenters. The highest BCUT2D eigenvalue weighted by atomic mass is 35.5. The van der Waals surface area contributed by atoms with Gasteiger partial charge >= 0.3 is 0 Å². The van der Waals surface area contributed by atoms with E-state index in [2.05, 4.69) is 20.8 Å². The first kappa shape index (κ1) is 24.6. The molecule has 2 amide bonds. The lowest BCUT2D eigenvalue weighted by atomic mass is 10.0. The number of hydrogen-bond donors (Lipinski definition) is 3. The van der Waals surface area contributed by atoms with Gasteiger partial charge in [0.05, 0.1) is 11.2 Å². The van der Waals surface area contributed by atoms with Crippen LogP contribution in [-0.4, -0.2) is 35.2 Å². The number of hydrogen-bond acceptors (Lipinski definition) is 4. The number of ether oxygens (including phenoxy) is 1. The van der Waals surface area contributed by atoms with Crippen molar-refractivity contribution in [2.75, 3.05) is 0 Å². The molecule has 1 heterocycles. The van der Waals surface area contributed by atoms with E-state index < -0.39 is 24.0 Å². The molecule has 0 radical (unpaired) electrons. The van der Waals surface area contributed by atoms with Gasteiger partial charge in [0.2, 0.25) is 0 Å². The fraction of sp³-hybridized carbons (Fsp3) is 0.292. The molecule has 3 aromatic rings. The first-order valence-electron chi connectivity index (χ1n) is 10.6. The average Bonchev–Trinajstić information content (AvgIpc) is 3.18. The molecule has 0 bridgehead atoms. The number of carbonyl (C=O) groups excluding carboxylic acids is 2. The number of para-hydroxylation sites is 1. The summed E-state index contributed by atoms with van der Waals surface area (Å²) in [6.45, 7) is 5.52. The van der Waals surface area contributed by atoms with Crippen molar-refractivity contribution in [2.45, 2.75) is 39.3 Å². The lowest BCUT2D eigenvalue weighted by molar-refractivity contribution is -0.132. The molecule has 3 rings (SSSR count). The Morgan fingerprint density at radius 2 is 1.88 bits per heavy atom. The smallest absolute Gasteiger partial charge is 0.262 e. The number of fused-ring (bicyclic) bond motifs is 1. The average molecular weight is 489 g/mol. The van der Waals surface area contributed by atoms with E-state index >= 15 is 0 Å². The third-order valence-corrected chi connectivity index (χ3v) is 5.44. The number of H-pyrrole nitrogens is 1. The summed E-state index contributed by atoms with van der Waals surface area (Å²) >= 11 is 12.0. The van der Waals surface area contributed by atoms with Gasteiger partial charge in [0.15, 0.2) is 6.10 Å². The van der Waals surface area contributed by atoms with Gasteiger partial charge in [0.25, 0.3) is 11.8 Å². The van der Waals surface area contributed by atoms with Gasteiger partial charge < -0.3 is 15.0 Å². The topological polar surface area (TPSA) is 95.6 Å². The summed E-state index contributed by atoms with van der Waals surface area (Å²) in [6, 6.07) is 11.8. The number of halogens is 2. The fourth-order valence-corrected chi connectivity index (χ4v) is 3.70. The van der Waals surface area contributed by atoms with Crippen LogP contribution in [0.5, 0.6) is 5.75 Å². The molecule has 174 valence electrons. The Kier molecular flexibility index (Phi) is 8.36. The van der Waals surface area contributed by atoms with Crippen LogP contribution in [0.15, 0.2) is 53.8 Å². The predicted molar refractivity (Wildman–Crippen MR) is 132 cm³/mol. The number of rotatable bonds is 9. The van der Waals surface area contributed by atoms with Crippen molar-refractivity contribution in [2.24, 2.45) is 11.0 Å². The Morgan fingerprint density at radius 1 is 1.12 bits per heavy atom. The van der Waals surface area contributed by atoms with Crippen LogP contribution in [-0.2, 0) is 9.59 Å². The Hall–Kier alpha value is -3.03. The summed E-state index contributed by atoms with van der Waals surface area (Å²) in [5.41, 5.74) is 4.35.